The van der Waals surface area contributed by atoms with Crippen LogP contribution in [0.25, 0.3) is 22.2 Å². The van der Waals surface area contributed by atoms with Gasteiger partial charge in [0.2, 0.25) is 0 Å². The van der Waals surface area contributed by atoms with Gasteiger partial charge in [-0.05, 0) is 17.7 Å². The van der Waals surface area contributed by atoms with Crippen molar-refractivity contribution in [1.29, 1.82) is 0 Å². The lowest BCUT2D eigenvalue weighted by Gasteiger charge is -2.06. The fourth-order valence-corrected chi connectivity index (χ4v) is 2.34. The predicted molar refractivity (Wildman–Crippen MR) is 83.0 cm³/mol. The molecule has 2 aromatic heterocycles. The van der Waals surface area contributed by atoms with E-state index in [9.17, 15) is 0 Å². The Bertz CT molecular complexity index is 763. The summed E-state index contributed by atoms with van der Waals surface area (Å²) in [4.78, 5) is 11.7. The van der Waals surface area contributed by atoms with Gasteiger partial charge >= 0.3 is 0 Å². The van der Waals surface area contributed by atoms with Crippen LogP contribution in [-0.2, 0) is 0 Å². The number of aromatic nitrogens is 3. The number of nitrogens with zero attached hydrogens (tertiary/aromatic N) is 2. The van der Waals surface area contributed by atoms with Gasteiger partial charge in [0, 0.05) is 23.3 Å². The van der Waals surface area contributed by atoms with Gasteiger partial charge in [-0.2, -0.15) is 0 Å². The first-order valence-electron chi connectivity index (χ1n) is 6.22. The molecule has 5 heteroatoms. The summed E-state index contributed by atoms with van der Waals surface area (Å²) < 4.78 is 0. The van der Waals surface area contributed by atoms with Crippen LogP contribution in [0, 0.1) is 0 Å². The Balaban J connectivity index is 2.18. The van der Waals surface area contributed by atoms with E-state index in [1.54, 1.807) is 6.08 Å². The van der Waals surface area contributed by atoms with Crippen molar-refractivity contribution in [3.63, 3.8) is 0 Å². The third-order valence-electron chi connectivity index (χ3n) is 3.02. The van der Waals surface area contributed by atoms with Crippen LogP contribution < -0.4 is 5.32 Å². The molecular weight excluding hydrogens is 272 g/mol. The number of aromatic amines is 1. The zero-order valence-corrected chi connectivity index (χ0v) is 11.5. The van der Waals surface area contributed by atoms with E-state index in [0.29, 0.717) is 11.6 Å². The molecule has 0 bridgehead atoms. The van der Waals surface area contributed by atoms with Crippen molar-refractivity contribution in [1.82, 2.24) is 15.0 Å². The fourth-order valence-electron chi connectivity index (χ4n) is 2.15. The van der Waals surface area contributed by atoms with E-state index in [4.69, 9.17) is 11.6 Å². The largest absolute Gasteiger partial charge is 0.366 e. The van der Waals surface area contributed by atoms with E-state index in [1.165, 1.54) is 6.33 Å². The van der Waals surface area contributed by atoms with Crippen molar-refractivity contribution in [2.24, 2.45) is 0 Å². The second kappa shape index (κ2) is 5.35. The van der Waals surface area contributed by atoms with Crippen molar-refractivity contribution in [2.45, 2.75) is 0 Å². The summed E-state index contributed by atoms with van der Waals surface area (Å²) in [6.45, 7) is 4.35. The lowest BCUT2D eigenvalue weighted by atomic mass is 10.1. The number of nitrogens with one attached hydrogen (secondary N) is 2. The van der Waals surface area contributed by atoms with Gasteiger partial charge in [-0.1, -0.05) is 29.8 Å². The number of hydrogen-bond acceptors (Lipinski definition) is 3. The van der Waals surface area contributed by atoms with Gasteiger partial charge in [-0.3, -0.25) is 0 Å². The van der Waals surface area contributed by atoms with Gasteiger partial charge in [0.25, 0.3) is 0 Å². The standard InChI is InChI=1S/C15H13ClN4/c1-2-6-17-14-13-12(8-18-15(13)20-9-19-14)10-4-3-5-11(16)7-10/h2-5,7-9H,1,6H2,(H2,17,18,19,20). The van der Waals surface area contributed by atoms with Crippen LogP contribution in [0.3, 0.4) is 0 Å². The number of halogens is 1. The molecule has 3 rings (SSSR count). The second-order valence-electron chi connectivity index (χ2n) is 4.33. The molecule has 0 unspecified atom stereocenters. The minimum absolute atomic E-state index is 0.645. The van der Waals surface area contributed by atoms with Crippen molar-refractivity contribution < 1.29 is 0 Å². The molecule has 0 aliphatic carbocycles. The van der Waals surface area contributed by atoms with Gasteiger partial charge < -0.3 is 10.3 Å². The molecule has 0 spiro atoms. The molecule has 0 radical (unpaired) electrons. The number of rotatable bonds is 4. The highest BCUT2D eigenvalue weighted by Crippen LogP contribution is 2.32. The Kier molecular flexibility index (Phi) is 3.39. The Morgan fingerprint density at radius 1 is 1.35 bits per heavy atom. The average molecular weight is 285 g/mol. The van der Waals surface area contributed by atoms with Crippen LogP contribution in [0.4, 0.5) is 5.82 Å². The third kappa shape index (κ3) is 2.26. The number of H-pyrrole nitrogens is 1. The van der Waals surface area contributed by atoms with Gasteiger partial charge in [0.15, 0.2) is 0 Å². The van der Waals surface area contributed by atoms with Crippen molar-refractivity contribution in [3.8, 4) is 11.1 Å². The maximum atomic E-state index is 6.07. The fraction of sp³-hybridized carbons (Fsp3) is 0.0667. The molecule has 0 saturated heterocycles. The molecule has 0 aliphatic heterocycles. The molecular formula is C15H13ClN4. The van der Waals surface area contributed by atoms with Gasteiger partial charge in [0.05, 0.1) is 5.39 Å². The second-order valence-corrected chi connectivity index (χ2v) is 4.76. The van der Waals surface area contributed by atoms with Crippen LogP contribution in [0.15, 0.2) is 49.4 Å². The monoisotopic (exact) mass is 284 g/mol. The number of benzene rings is 1. The first kappa shape index (κ1) is 12.7. The minimum Gasteiger partial charge on any atom is -0.366 e. The maximum Gasteiger partial charge on any atom is 0.143 e. The SMILES string of the molecule is C=CCNc1ncnc2[nH]cc(-c3cccc(Cl)c3)c12. The molecule has 0 fully saturated rings. The van der Waals surface area contributed by atoms with E-state index in [2.05, 4.69) is 26.8 Å². The highest BCUT2D eigenvalue weighted by Gasteiger charge is 2.12. The smallest absolute Gasteiger partial charge is 0.143 e. The summed E-state index contributed by atoms with van der Waals surface area (Å²) in [6, 6.07) is 7.72. The number of fused-ring (bicyclic) bond motifs is 1. The predicted octanol–water partition coefficient (Wildman–Crippen LogP) is 3.88. The average Bonchev–Trinajstić information content (AvgIpc) is 2.89. The lowest BCUT2D eigenvalue weighted by Crippen LogP contribution is -2.01. The summed E-state index contributed by atoms with van der Waals surface area (Å²) in [7, 11) is 0. The molecule has 20 heavy (non-hydrogen) atoms. The van der Waals surface area contributed by atoms with Crippen LogP contribution in [0.1, 0.15) is 0 Å². The normalized spacial score (nSPS) is 10.7. The summed E-state index contributed by atoms with van der Waals surface area (Å²) in [5.41, 5.74) is 2.84. The molecule has 0 aliphatic rings. The third-order valence-corrected chi connectivity index (χ3v) is 3.25. The Morgan fingerprint density at radius 2 is 2.25 bits per heavy atom. The summed E-state index contributed by atoms with van der Waals surface area (Å²) >= 11 is 6.07. The first-order chi connectivity index (χ1) is 9.79. The molecule has 2 heterocycles. The molecule has 100 valence electrons. The quantitative estimate of drug-likeness (QED) is 0.715. The summed E-state index contributed by atoms with van der Waals surface area (Å²) in [6.07, 6.45) is 5.25. The molecule has 3 aromatic rings. The Hall–Kier alpha value is -2.33. The highest BCUT2D eigenvalue weighted by atomic mass is 35.5. The van der Waals surface area contributed by atoms with E-state index in [0.717, 1.165) is 28.0 Å². The van der Waals surface area contributed by atoms with Crippen molar-refractivity contribution in [2.75, 3.05) is 11.9 Å². The number of anilines is 1. The molecule has 2 N–H and O–H groups in total. The van der Waals surface area contributed by atoms with E-state index in [1.807, 2.05) is 30.5 Å². The van der Waals surface area contributed by atoms with Crippen LogP contribution in [-0.4, -0.2) is 21.5 Å². The zero-order chi connectivity index (χ0) is 13.9. The molecule has 0 saturated carbocycles. The van der Waals surface area contributed by atoms with E-state index in [-0.39, 0.29) is 0 Å². The van der Waals surface area contributed by atoms with Crippen LogP contribution >= 0.6 is 11.6 Å². The van der Waals surface area contributed by atoms with Gasteiger partial charge in [0.1, 0.15) is 17.8 Å². The minimum atomic E-state index is 0.645. The molecule has 0 amide bonds. The van der Waals surface area contributed by atoms with Crippen molar-refractivity contribution >= 4 is 28.5 Å². The molecule has 0 atom stereocenters. The maximum absolute atomic E-state index is 6.07. The topological polar surface area (TPSA) is 53.6 Å². The highest BCUT2D eigenvalue weighted by molar-refractivity contribution is 6.30. The van der Waals surface area contributed by atoms with E-state index >= 15 is 0 Å². The summed E-state index contributed by atoms with van der Waals surface area (Å²) in [5, 5.41) is 4.88. The number of hydrogen-bond donors (Lipinski definition) is 2. The van der Waals surface area contributed by atoms with Gasteiger partial charge in [-0.25, -0.2) is 9.97 Å². The van der Waals surface area contributed by atoms with Gasteiger partial charge in [-0.15, -0.1) is 6.58 Å². The Labute approximate surface area is 121 Å². The van der Waals surface area contributed by atoms with E-state index < -0.39 is 0 Å². The van der Waals surface area contributed by atoms with Crippen LogP contribution in [0.5, 0.6) is 0 Å². The molecule has 4 nitrogen and oxygen atoms in total. The van der Waals surface area contributed by atoms with Crippen molar-refractivity contribution in [3.05, 3.63) is 54.5 Å². The zero-order valence-electron chi connectivity index (χ0n) is 10.7. The van der Waals surface area contributed by atoms with Crippen LogP contribution in [0.2, 0.25) is 5.02 Å². The molecule has 1 aromatic carbocycles. The lowest BCUT2D eigenvalue weighted by molar-refractivity contribution is 1.17. The Morgan fingerprint density at radius 3 is 3.05 bits per heavy atom. The first-order valence-corrected chi connectivity index (χ1v) is 6.60. The summed E-state index contributed by atoms with van der Waals surface area (Å²) in [5.74, 6) is 0.783.